The molecule has 46 heavy (non-hydrogen) atoms. The largest absolute Gasteiger partial charge is 2.00 e. The molecule has 1 aromatic carbocycles. The molecule has 3 rings (SSSR count). The normalized spacial score (nSPS) is 15.3. The number of hydrogen-bond acceptors (Lipinski definition) is 8. The maximum atomic E-state index is 11.5. The van der Waals surface area contributed by atoms with E-state index in [9.17, 15) is 19.8 Å². The van der Waals surface area contributed by atoms with Crippen LogP contribution >= 0.6 is 0 Å². The Kier molecular flexibility index (Phi) is 18.2. The van der Waals surface area contributed by atoms with Crippen LogP contribution in [0.25, 0.3) is 0 Å². The van der Waals surface area contributed by atoms with Gasteiger partial charge in [0.25, 0.3) is 0 Å². The second-order valence-corrected chi connectivity index (χ2v) is 15.1. The van der Waals surface area contributed by atoms with Gasteiger partial charge < -0.3 is 29.8 Å². The number of benzene rings is 1. The van der Waals surface area contributed by atoms with Gasteiger partial charge in [0.05, 0.1) is 0 Å². The molecule has 0 spiro atoms. The Labute approximate surface area is 307 Å². The molecule has 10 heteroatoms. The number of allylic oxidation sites excluding steroid dienone is 4. The van der Waals surface area contributed by atoms with Crippen LogP contribution in [0.3, 0.4) is 0 Å². The van der Waals surface area contributed by atoms with Crippen LogP contribution in [-0.4, -0.2) is 45.7 Å². The first-order valence-corrected chi connectivity index (χ1v) is 14.7. The van der Waals surface area contributed by atoms with Crippen molar-refractivity contribution in [3.05, 3.63) is 86.1 Å². The maximum Gasteiger partial charge on any atom is 2.00 e. The fraction of sp³-hybridized carbons (Fsp3) is 0.500. The number of anilines is 2. The van der Waals surface area contributed by atoms with E-state index >= 15 is 0 Å². The molecule has 2 heterocycles. The molecule has 0 saturated heterocycles. The van der Waals surface area contributed by atoms with E-state index < -0.39 is 10.8 Å². The number of hydrogen-bond donors (Lipinski definition) is 2. The van der Waals surface area contributed by atoms with E-state index in [1.54, 1.807) is 0 Å². The first kappa shape index (κ1) is 45.8. The molecular weight excluding hydrogens is 943 g/mol. The van der Waals surface area contributed by atoms with E-state index in [-0.39, 0.29) is 76.0 Å². The predicted molar refractivity (Wildman–Crippen MR) is 181 cm³/mol. The molecule has 0 bridgehead atoms. The van der Waals surface area contributed by atoms with Gasteiger partial charge in [-0.15, -0.1) is 0 Å². The fourth-order valence-corrected chi connectivity index (χ4v) is 2.97. The number of carbonyl (C=O) groups excluding carboxylic acids is 2. The molecule has 0 atom stereocenters. The zero-order chi connectivity index (χ0) is 34.3. The van der Waals surface area contributed by atoms with Crippen molar-refractivity contribution in [1.29, 1.82) is 0 Å². The first-order chi connectivity index (χ1) is 19.8. The van der Waals surface area contributed by atoms with Crippen LogP contribution in [0.4, 0.5) is 11.4 Å². The molecule has 0 saturated carbocycles. The van der Waals surface area contributed by atoms with Gasteiger partial charge in [0, 0.05) is 33.8 Å². The summed E-state index contributed by atoms with van der Waals surface area (Å²) >= 11 is 0. The zero-order valence-electron chi connectivity index (χ0n) is 29.9. The second-order valence-electron chi connectivity index (χ2n) is 15.1. The monoisotopic (exact) mass is 996 g/mol. The number of rotatable bonds is 4. The third kappa shape index (κ3) is 16.0. The summed E-state index contributed by atoms with van der Waals surface area (Å²) in [5, 5.41) is 19.1. The topological polar surface area (TPSA) is 87.6 Å². The van der Waals surface area contributed by atoms with E-state index in [4.69, 9.17) is 0 Å². The van der Waals surface area contributed by atoms with Crippen LogP contribution in [0.15, 0.2) is 60.6 Å². The van der Waals surface area contributed by atoms with Crippen LogP contribution in [0, 0.1) is 47.1 Å². The van der Waals surface area contributed by atoms with Crippen LogP contribution in [0.5, 0.6) is 0 Å². The van der Waals surface area contributed by atoms with Gasteiger partial charge in [-0.2, -0.15) is 13.3 Å². The molecule has 0 radical (unpaired) electrons. The Morgan fingerprint density at radius 1 is 0.587 bits per heavy atom. The van der Waals surface area contributed by atoms with Gasteiger partial charge in [0.1, 0.15) is 11.5 Å². The minimum atomic E-state index is -0.417. The van der Waals surface area contributed by atoms with Crippen molar-refractivity contribution >= 4 is 22.9 Å². The second kappa shape index (κ2) is 18.3. The predicted octanol–water partition coefficient (Wildman–Crippen LogP) is 8.15. The van der Waals surface area contributed by atoms with Gasteiger partial charge in [-0.25, -0.2) is 11.4 Å². The van der Waals surface area contributed by atoms with Crippen LogP contribution in [0.2, 0.25) is 0 Å². The Bertz CT molecular complexity index is 1150. The molecule has 0 aromatic heterocycles. The summed E-state index contributed by atoms with van der Waals surface area (Å²) in [6.07, 6.45) is 10.6. The first-order valence-electron chi connectivity index (χ1n) is 14.7. The molecular formula is C36H54N4O4Pt2. The number of carbonyl (C=O) groups is 2. The number of aliphatic hydroxyl groups excluding tert-OH is 2. The van der Waals surface area contributed by atoms with Crippen LogP contribution in [-0.2, 0) is 51.7 Å². The molecule has 1 aromatic rings. The van der Waals surface area contributed by atoms with Gasteiger partial charge in [-0.05, 0) is 38.9 Å². The number of nitrogens with zero attached hydrogens (tertiary/aromatic N) is 4. The minimum absolute atomic E-state index is 0. The Morgan fingerprint density at radius 3 is 1.04 bits per heavy atom. The van der Waals surface area contributed by atoms with Gasteiger partial charge >= 0.3 is 42.1 Å². The van der Waals surface area contributed by atoms with Crippen LogP contribution in [0.1, 0.15) is 83.1 Å². The van der Waals surface area contributed by atoms with Crippen molar-refractivity contribution in [2.75, 3.05) is 23.9 Å². The van der Waals surface area contributed by atoms with Gasteiger partial charge in [-0.3, -0.25) is 33.9 Å². The molecule has 2 aliphatic rings. The van der Waals surface area contributed by atoms with E-state index in [0.717, 1.165) is 11.4 Å². The Hall–Kier alpha value is -2.30. The Morgan fingerprint density at radius 2 is 0.870 bits per heavy atom. The molecule has 0 fully saturated rings. The average Bonchev–Trinajstić information content (AvgIpc) is 3.50. The standard InChI is InChI=1S/C14H14N4.2C11H20O2.2Pt/c1-15-7-9-17(11-15)13-3-5-14(6-4-13)18-10-8-16(2)12-18;2*1-10(2,3)8(12)7-9(13)11(4,5)6;;/h3,6-12H,1-2H3;2*7,12H,1-6H3;;/q-4;;;2*+2. The molecule has 0 aliphatic carbocycles. The van der Waals surface area contributed by atoms with Gasteiger partial charge in [0.15, 0.2) is 11.6 Å². The van der Waals surface area contributed by atoms with E-state index in [0.29, 0.717) is 0 Å². The van der Waals surface area contributed by atoms with Gasteiger partial charge in [0.2, 0.25) is 0 Å². The summed E-state index contributed by atoms with van der Waals surface area (Å²) in [4.78, 5) is 31.0. The number of ketones is 2. The van der Waals surface area contributed by atoms with Crippen molar-refractivity contribution in [2.24, 2.45) is 21.7 Å². The molecule has 2 N–H and O–H groups in total. The van der Waals surface area contributed by atoms with Crippen LogP contribution < -0.4 is 9.80 Å². The smallest absolute Gasteiger partial charge is 0.553 e. The summed E-state index contributed by atoms with van der Waals surface area (Å²) < 4.78 is 0. The molecule has 0 unspecified atom stereocenters. The quantitative estimate of drug-likeness (QED) is 0.178. The van der Waals surface area contributed by atoms with E-state index in [1.807, 2.05) is 167 Å². The Balaban J connectivity index is 0. The summed E-state index contributed by atoms with van der Waals surface area (Å²) in [5.74, 6) is 0.208. The summed E-state index contributed by atoms with van der Waals surface area (Å²) in [6.45, 7) is 26.2. The average molecular weight is 997 g/mol. The van der Waals surface area contributed by atoms with Crippen molar-refractivity contribution in [2.45, 2.75) is 83.1 Å². The third-order valence-electron chi connectivity index (χ3n) is 6.36. The minimum Gasteiger partial charge on any atom is -0.553 e. The van der Waals surface area contributed by atoms with E-state index in [2.05, 4.69) is 12.1 Å². The third-order valence-corrected chi connectivity index (χ3v) is 6.36. The maximum absolute atomic E-state index is 11.5. The SMILES string of the molecule is CC(C)(C)C(=O)C=C(O)C(C)(C)C.CC(C)(C)C(=O)C=C(O)C(C)(C)C.CN1C=CN(c2[c-]cc(N3C=CN(C)[CH-]3)[c-]c2)[CH-]1.[Pt+2].[Pt+2]. The molecule has 262 valence electrons. The summed E-state index contributed by atoms with van der Waals surface area (Å²) in [5.41, 5.74) is 0.437. The molecule has 2 aliphatic heterocycles. The number of aliphatic hydroxyl groups is 2. The van der Waals surface area contributed by atoms with Gasteiger partial charge in [-0.1, -0.05) is 83.1 Å². The van der Waals surface area contributed by atoms with Crippen molar-refractivity contribution < 1.29 is 61.9 Å². The summed E-state index contributed by atoms with van der Waals surface area (Å²) in [6, 6.07) is 10.4. The van der Waals surface area contributed by atoms with Crippen molar-refractivity contribution in [3.8, 4) is 0 Å². The summed E-state index contributed by atoms with van der Waals surface area (Å²) in [7, 11) is 3.99. The van der Waals surface area contributed by atoms with E-state index in [1.165, 1.54) is 12.2 Å². The van der Waals surface area contributed by atoms with Crippen molar-refractivity contribution in [1.82, 2.24) is 9.80 Å². The zero-order valence-corrected chi connectivity index (χ0v) is 34.5. The molecule has 0 amide bonds. The van der Waals surface area contributed by atoms with Crippen molar-refractivity contribution in [3.63, 3.8) is 0 Å². The fourth-order valence-electron chi connectivity index (χ4n) is 2.97. The molecule has 8 nitrogen and oxygen atoms in total.